The summed E-state index contributed by atoms with van der Waals surface area (Å²) in [6.45, 7) is 7.87. The van der Waals surface area contributed by atoms with E-state index in [4.69, 9.17) is 4.42 Å². The van der Waals surface area contributed by atoms with E-state index >= 15 is 0 Å². The topological polar surface area (TPSA) is 62.5 Å². The zero-order valence-corrected chi connectivity index (χ0v) is 15.7. The van der Waals surface area contributed by atoms with Crippen LogP contribution >= 0.6 is 24.0 Å². The summed E-state index contributed by atoms with van der Waals surface area (Å²) < 4.78 is 5.74. The standard InChI is InChI=1S/C15H26N4O.HI/c1-15(2,3)12-9-18-13(20-12)10-19-14(16-4)17-8-7-11-5-6-11;/h9,11H,5-8,10H2,1-4H3,(H2,16,17,19);1H. The third-order valence-electron chi connectivity index (χ3n) is 3.47. The molecule has 0 atom stereocenters. The van der Waals surface area contributed by atoms with Gasteiger partial charge in [-0.2, -0.15) is 0 Å². The molecule has 0 bridgehead atoms. The number of halogens is 1. The minimum atomic E-state index is -0.00452. The second-order valence-corrected chi connectivity index (χ2v) is 6.45. The van der Waals surface area contributed by atoms with Crippen LogP contribution in [0.2, 0.25) is 0 Å². The van der Waals surface area contributed by atoms with Gasteiger partial charge in [-0.3, -0.25) is 4.99 Å². The Morgan fingerprint density at radius 1 is 1.38 bits per heavy atom. The van der Waals surface area contributed by atoms with E-state index in [1.54, 1.807) is 13.2 Å². The lowest BCUT2D eigenvalue weighted by Crippen LogP contribution is -2.37. The molecule has 1 aromatic heterocycles. The van der Waals surface area contributed by atoms with Crippen molar-refractivity contribution in [3.63, 3.8) is 0 Å². The predicted octanol–water partition coefficient (Wildman–Crippen LogP) is 3.06. The van der Waals surface area contributed by atoms with Crippen LogP contribution in [0, 0.1) is 5.92 Å². The fourth-order valence-corrected chi connectivity index (χ4v) is 1.92. The Balaban J connectivity index is 0.00000220. The van der Waals surface area contributed by atoms with Crippen molar-refractivity contribution >= 4 is 29.9 Å². The summed E-state index contributed by atoms with van der Waals surface area (Å²) >= 11 is 0. The Bertz CT molecular complexity index is 460. The van der Waals surface area contributed by atoms with Crippen molar-refractivity contribution in [2.45, 2.75) is 52.0 Å². The maximum absolute atomic E-state index is 5.74. The average molecular weight is 406 g/mol. The summed E-state index contributed by atoms with van der Waals surface area (Å²) in [5.74, 6) is 3.34. The van der Waals surface area contributed by atoms with E-state index in [1.165, 1.54) is 19.3 Å². The molecule has 1 aliphatic rings. The first-order chi connectivity index (χ1) is 9.49. The molecule has 5 nitrogen and oxygen atoms in total. The second kappa shape index (κ2) is 8.00. The molecule has 1 saturated carbocycles. The first kappa shape index (κ1) is 18.3. The number of nitrogens with zero attached hydrogens (tertiary/aromatic N) is 2. The fraction of sp³-hybridized carbons (Fsp3) is 0.733. The highest BCUT2D eigenvalue weighted by Crippen LogP contribution is 2.31. The zero-order chi connectivity index (χ0) is 14.6. The molecule has 2 N–H and O–H groups in total. The van der Waals surface area contributed by atoms with E-state index in [1.807, 2.05) is 0 Å². The van der Waals surface area contributed by atoms with Gasteiger partial charge in [-0.15, -0.1) is 24.0 Å². The maximum atomic E-state index is 5.74. The van der Waals surface area contributed by atoms with E-state index in [-0.39, 0.29) is 29.4 Å². The number of aliphatic imine (C=N–C) groups is 1. The Hall–Kier alpha value is -0.790. The molecule has 0 radical (unpaired) electrons. The molecule has 1 heterocycles. The summed E-state index contributed by atoms with van der Waals surface area (Å²) in [5.41, 5.74) is -0.00452. The molecule has 0 amide bonds. The van der Waals surface area contributed by atoms with Crippen LogP contribution in [-0.2, 0) is 12.0 Å². The van der Waals surface area contributed by atoms with Gasteiger partial charge in [0, 0.05) is 19.0 Å². The van der Waals surface area contributed by atoms with Gasteiger partial charge in [0.05, 0.1) is 12.7 Å². The molecule has 0 unspecified atom stereocenters. The fourth-order valence-electron chi connectivity index (χ4n) is 1.92. The number of aromatic nitrogens is 1. The van der Waals surface area contributed by atoms with Gasteiger partial charge in [-0.25, -0.2) is 4.98 Å². The Morgan fingerprint density at radius 2 is 2.10 bits per heavy atom. The van der Waals surface area contributed by atoms with Gasteiger partial charge < -0.3 is 15.1 Å². The van der Waals surface area contributed by atoms with Crippen molar-refractivity contribution in [3.8, 4) is 0 Å². The summed E-state index contributed by atoms with van der Waals surface area (Å²) in [4.78, 5) is 8.50. The molecule has 1 fully saturated rings. The van der Waals surface area contributed by atoms with Crippen molar-refractivity contribution in [2.24, 2.45) is 10.9 Å². The molecule has 0 aliphatic heterocycles. The molecule has 1 aliphatic carbocycles. The molecular formula is C15H27IN4O. The lowest BCUT2D eigenvalue weighted by Gasteiger charge is -2.13. The third-order valence-corrected chi connectivity index (χ3v) is 3.47. The van der Waals surface area contributed by atoms with E-state index in [0.29, 0.717) is 12.4 Å². The van der Waals surface area contributed by atoms with E-state index in [0.717, 1.165) is 24.2 Å². The number of rotatable bonds is 5. The first-order valence-electron chi connectivity index (χ1n) is 7.38. The van der Waals surface area contributed by atoms with E-state index < -0.39 is 0 Å². The minimum absolute atomic E-state index is 0. The van der Waals surface area contributed by atoms with Crippen LogP contribution in [0.5, 0.6) is 0 Å². The van der Waals surface area contributed by atoms with Crippen LogP contribution in [0.1, 0.15) is 51.7 Å². The highest BCUT2D eigenvalue weighted by Gasteiger charge is 2.21. The molecular weight excluding hydrogens is 379 g/mol. The number of nitrogens with one attached hydrogen (secondary N) is 2. The molecule has 0 aromatic carbocycles. The van der Waals surface area contributed by atoms with Gasteiger partial charge in [-0.1, -0.05) is 33.6 Å². The van der Waals surface area contributed by atoms with Gasteiger partial charge in [0.25, 0.3) is 0 Å². The van der Waals surface area contributed by atoms with Crippen LogP contribution in [0.3, 0.4) is 0 Å². The summed E-state index contributed by atoms with van der Waals surface area (Å²) in [7, 11) is 1.78. The van der Waals surface area contributed by atoms with Crippen LogP contribution in [-0.4, -0.2) is 24.5 Å². The predicted molar refractivity (Wildman–Crippen MR) is 96.2 cm³/mol. The summed E-state index contributed by atoms with van der Waals surface area (Å²) in [6.07, 6.45) is 5.81. The van der Waals surface area contributed by atoms with Gasteiger partial charge >= 0.3 is 0 Å². The highest BCUT2D eigenvalue weighted by molar-refractivity contribution is 14.0. The van der Waals surface area contributed by atoms with Gasteiger partial charge in [0.15, 0.2) is 5.96 Å². The molecule has 21 heavy (non-hydrogen) atoms. The Kier molecular flexibility index (Phi) is 6.96. The molecule has 2 rings (SSSR count). The average Bonchev–Trinajstić information content (AvgIpc) is 3.07. The molecule has 6 heteroatoms. The first-order valence-corrected chi connectivity index (χ1v) is 7.38. The van der Waals surface area contributed by atoms with Crippen molar-refractivity contribution in [2.75, 3.05) is 13.6 Å². The highest BCUT2D eigenvalue weighted by atomic mass is 127. The van der Waals surface area contributed by atoms with Crippen molar-refractivity contribution in [3.05, 3.63) is 17.8 Å². The number of hydrogen-bond acceptors (Lipinski definition) is 3. The molecule has 0 saturated heterocycles. The van der Waals surface area contributed by atoms with E-state index in [9.17, 15) is 0 Å². The number of guanidine groups is 1. The largest absolute Gasteiger partial charge is 0.443 e. The summed E-state index contributed by atoms with van der Waals surface area (Å²) in [6, 6.07) is 0. The van der Waals surface area contributed by atoms with Gasteiger partial charge in [-0.05, 0) is 12.3 Å². The third kappa shape index (κ3) is 6.23. The van der Waals surface area contributed by atoms with Crippen molar-refractivity contribution < 1.29 is 4.42 Å². The van der Waals surface area contributed by atoms with Crippen molar-refractivity contribution in [1.29, 1.82) is 0 Å². The van der Waals surface area contributed by atoms with Crippen LogP contribution < -0.4 is 10.6 Å². The van der Waals surface area contributed by atoms with E-state index in [2.05, 4.69) is 41.4 Å². The number of oxazole rings is 1. The summed E-state index contributed by atoms with van der Waals surface area (Å²) in [5, 5.41) is 6.54. The quantitative estimate of drug-likeness (QED) is 0.448. The second-order valence-electron chi connectivity index (χ2n) is 6.45. The van der Waals surface area contributed by atoms with Crippen molar-refractivity contribution in [1.82, 2.24) is 15.6 Å². The molecule has 1 aromatic rings. The number of hydrogen-bond donors (Lipinski definition) is 2. The van der Waals surface area contributed by atoms with Crippen LogP contribution in [0.15, 0.2) is 15.6 Å². The Labute approximate surface area is 144 Å². The van der Waals surface area contributed by atoms with Gasteiger partial charge in [0.2, 0.25) is 5.89 Å². The zero-order valence-electron chi connectivity index (χ0n) is 13.4. The molecule has 0 spiro atoms. The Morgan fingerprint density at radius 3 is 2.62 bits per heavy atom. The normalized spacial score (nSPS) is 15.5. The van der Waals surface area contributed by atoms with Crippen LogP contribution in [0.4, 0.5) is 0 Å². The van der Waals surface area contributed by atoms with Gasteiger partial charge in [0.1, 0.15) is 5.76 Å². The monoisotopic (exact) mass is 406 g/mol. The lowest BCUT2D eigenvalue weighted by molar-refractivity contribution is 0.379. The minimum Gasteiger partial charge on any atom is -0.443 e. The lowest BCUT2D eigenvalue weighted by atomic mass is 9.94. The van der Waals surface area contributed by atoms with Crippen LogP contribution in [0.25, 0.3) is 0 Å². The maximum Gasteiger partial charge on any atom is 0.213 e. The smallest absolute Gasteiger partial charge is 0.213 e. The SMILES string of the molecule is CN=C(NCCC1CC1)NCc1ncc(C(C)(C)C)o1.I. The molecule has 120 valence electrons.